The van der Waals surface area contributed by atoms with Crippen molar-refractivity contribution in [2.75, 3.05) is 0 Å². The predicted octanol–water partition coefficient (Wildman–Crippen LogP) is 2.40. The van der Waals surface area contributed by atoms with Gasteiger partial charge in [-0.25, -0.2) is 0 Å². The van der Waals surface area contributed by atoms with Crippen LogP contribution in [0.2, 0.25) is 0 Å². The van der Waals surface area contributed by atoms with Crippen LogP contribution in [0.4, 0.5) is 0 Å². The molecule has 1 amide bonds. The molecular weight excluding hydrogens is 204 g/mol. The number of nitrogens with zero attached hydrogens (tertiary/aromatic N) is 1. The second-order valence-corrected chi connectivity index (χ2v) is 3.60. The Bertz CT molecular complexity index is 361. The van der Waals surface area contributed by atoms with Crippen LogP contribution in [0.5, 0.6) is 0 Å². The van der Waals surface area contributed by atoms with Gasteiger partial charge in [0.15, 0.2) is 6.04 Å². The molecule has 0 aliphatic rings. The van der Waals surface area contributed by atoms with Crippen LogP contribution in [0, 0.1) is 17.2 Å². The Hall–Kier alpha value is -1.76. The summed E-state index contributed by atoms with van der Waals surface area (Å²) in [6.07, 6.45) is 3.04. The largest absolute Gasteiger partial charge is 0.466 e. The van der Waals surface area contributed by atoms with Gasteiger partial charge >= 0.3 is 0 Å². The molecular formula is C12H16N2O2. The minimum atomic E-state index is -0.692. The van der Waals surface area contributed by atoms with E-state index in [1.54, 1.807) is 12.1 Å². The minimum Gasteiger partial charge on any atom is -0.466 e. The van der Waals surface area contributed by atoms with Gasteiger partial charge in [0.2, 0.25) is 5.91 Å². The first kappa shape index (κ1) is 12.3. The first-order valence-electron chi connectivity index (χ1n) is 5.46. The zero-order valence-corrected chi connectivity index (χ0v) is 9.56. The van der Waals surface area contributed by atoms with E-state index in [1.165, 1.54) is 6.26 Å². The SMILES string of the molecule is CCC(CC)C(=O)NC(C#N)c1ccco1. The molecule has 1 unspecified atom stereocenters. The predicted molar refractivity (Wildman–Crippen MR) is 59.3 cm³/mol. The summed E-state index contributed by atoms with van der Waals surface area (Å²) >= 11 is 0. The van der Waals surface area contributed by atoms with Crippen LogP contribution < -0.4 is 5.32 Å². The zero-order chi connectivity index (χ0) is 12.0. The van der Waals surface area contributed by atoms with Gasteiger partial charge in [0.05, 0.1) is 12.3 Å². The van der Waals surface area contributed by atoms with Crippen molar-refractivity contribution in [2.24, 2.45) is 5.92 Å². The average molecular weight is 220 g/mol. The van der Waals surface area contributed by atoms with Crippen LogP contribution in [-0.2, 0) is 4.79 Å². The molecule has 1 aromatic rings. The monoisotopic (exact) mass is 220 g/mol. The zero-order valence-electron chi connectivity index (χ0n) is 9.56. The quantitative estimate of drug-likeness (QED) is 0.828. The number of rotatable bonds is 5. The highest BCUT2D eigenvalue weighted by molar-refractivity contribution is 5.79. The molecule has 16 heavy (non-hydrogen) atoms. The second-order valence-electron chi connectivity index (χ2n) is 3.60. The second kappa shape index (κ2) is 5.96. The van der Waals surface area contributed by atoms with Crippen molar-refractivity contribution >= 4 is 5.91 Å². The minimum absolute atomic E-state index is 0.0363. The Kier molecular flexibility index (Phi) is 4.59. The summed E-state index contributed by atoms with van der Waals surface area (Å²) in [6.45, 7) is 3.92. The van der Waals surface area contributed by atoms with E-state index < -0.39 is 6.04 Å². The number of amides is 1. The highest BCUT2D eigenvalue weighted by atomic mass is 16.3. The standard InChI is InChI=1S/C12H16N2O2/c1-3-9(4-2)12(15)14-10(8-13)11-6-5-7-16-11/h5-7,9-10H,3-4H2,1-2H3,(H,14,15). The van der Waals surface area contributed by atoms with Gasteiger partial charge in [-0.2, -0.15) is 5.26 Å². The lowest BCUT2D eigenvalue weighted by molar-refractivity contribution is -0.125. The molecule has 0 radical (unpaired) electrons. The Labute approximate surface area is 95.2 Å². The normalized spacial score (nSPS) is 12.1. The number of carbonyl (C=O) groups is 1. The van der Waals surface area contributed by atoms with E-state index in [9.17, 15) is 4.79 Å². The maximum absolute atomic E-state index is 11.8. The Morgan fingerprint density at radius 2 is 2.25 bits per heavy atom. The highest BCUT2D eigenvalue weighted by Gasteiger charge is 2.20. The van der Waals surface area contributed by atoms with Crippen LogP contribution in [0.25, 0.3) is 0 Å². The third-order valence-electron chi connectivity index (χ3n) is 2.60. The van der Waals surface area contributed by atoms with Crippen LogP contribution in [0.1, 0.15) is 38.5 Å². The van der Waals surface area contributed by atoms with E-state index >= 15 is 0 Å². The fourth-order valence-electron chi connectivity index (χ4n) is 1.54. The summed E-state index contributed by atoms with van der Waals surface area (Å²) < 4.78 is 5.10. The summed E-state index contributed by atoms with van der Waals surface area (Å²) in [6, 6.07) is 4.70. The first-order valence-corrected chi connectivity index (χ1v) is 5.46. The topological polar surface area (TPSA) is 66.0 Å². The van der Waals surface area contributed by atoms with Crippen molar-refractivity contribution in [3.63, 3.8) is 0 Å². The Morgan fingerprint density at radius 3 is 2.69 bits per heavy atom. The molecule has 1 rings (SSSR count). The van der Waals surface area contributed by atoms with Gasteiger partial charge in [-0.05, 0) is 25.0 Å². The molecule has 4 nitrogen and oxygen atoms in total. The van der Waals surface area contributed by atoms with Crippen molar-refractivity contribution in [1.29, 1.82) is 5.26 Å². The molecule has 0 saturated heterocycles. The summed E-state index contributed by atoms with van der Waals surface area (Å²) in [5.41, 5.74) is 0. The average Bonchev–Trinajstić information content (AvgIpc) is 2.81. The summed E-state index contributed by atoms with van der Waals surface area (Å²) in [7, 11) is 0. The van der Waals surface area contributed by atoms with Gasteiger partial charge in [0, 0.05) is 5.92 Å². The molecule has 1 N–H and O–H groups in total. The lowest BCUT2D eigenvalue weighted by atomic mass is 10.0. The van der Waals surface area contributed by atoms with Gasteiger partial charge in [-0.15, -0.1) is 0 Å². The maximum atomic E-state index is 11.8. The molecule has 0 saturated carbocycles. The Morgan fingerprint density at radius 1 is 1.56 bits per heavy atom. The van der Waals surface area contributed by atoms with Crippen molar-refractivity contribution in [1.82, 2.24) is 5.32 Å². The lowest BCUT2D eigenvalue weighted by Crippen LogP contribution is -2.32. The number of nitriles is 1. The fourth-order valence-corrected chi connectivity index (χ4v) is 1.54. The molecule has 0 aromatic carbocycles. The first-order chi connectivity index (χ1) is 7.72. The molecule has 0 aliphatic heterocycles. The maximum Gasteiger partial charge on any atom is 0.224 e. The molecule has 0 spiro atoms. The van der Waals surface area contributed by atoms with Crippen LogP contribution in [0.15, 0.2) is 22.8 Å². The third kappa shape index (κ3) is 2.86. The molecule has 0 aliphatic carbocycles. The molecule has 1 heterocycles. The molecule has 4 heteroatoms. The molecule has 0 fully saturated rings. The van der Waals surface area contributed by atoms with E-state index in [0.717, 1.165) is 12.8 Å². The molecule has 0 bridgehead atoms. The van der Waals surface area contributed by atoms with Crippen LogP contribution >= 0.6 is 0 Å². The van der Waals surface area contributed by atoms with Gasteiger partial charge < -0.3 is 9.73 Å². The van der Waals surface area contributed by atoms with Gasteiger partial charge in [-0.3, -0.25) is 4.79 Å². The third-order valence-corrected chi connectivity index (χ3v) is 2.60. The summed E-state index contributed by atoms with van der Waals surface area (Å²) in [4.78, 5) is 11.8. The van der Waals surface area contributed by atoms with E-state index in [-0.39, 0.29) is 11.8 Å². The smallest absolute Gasteiger partial charge is 0.224 e. The summed E-state index contributed by atoms with van der Waals surface area (Å²) in [5.74, 6) is 0.348. The highest BCUT2D eigenvalue weighted by Crippen LogP contribution is 2.15. The van der Waals surface area contributed by atoms with Gasteiger partial charge in [0.1, 0.15) is 5.76 Å². The van der Waals surface area contributed by atoms with E-state index in [4.69, 9.17) is 9.68 Å². The molecule has 1 aromatic heterocycles. The van der Waals surface area contributed by atoms with Crippen molar-refractivity contribution in [3.05, 3.63) is 24.2 Å². The fraction of sp³-hybridized carbons (Fsp3) is 0.500. The number of carbonyl (C=O) groups excluding carboxylic acids is 1. The van der Waals surface area contributed by atoms with Gasteiger partial charge in [0.25, 0.3) is 0 Å². The van der Waals surface area contributed by atoms with Crippen LogP contribution in [0.3, 0.4) is 0 Å². The summed E-state index contributed by atoms with van der Waals surface area (Å²) in [5, 5.41) is 11.6. The van der Waals surface area contributed by atoms with Crippen molar-refractivity contribution < 1.29 is 9.21 Å². The number of furan rings is 1. The lowest BCUT2D eigenvalue weighted by Gasteiger charge is -2.15. The molecule has 1 atom stereocenters. The number of hydrogen-bond acceptors (Lipinski definition) is 3. The van der Waals surface area contributed by atoms with Gasteiger partial charge in [-0.1, -0.05) is 13.8 Å². The Balaban J connectivity index is 2.65. The van der Waals surface area contributed by atoms with Crippen molar-refractivity contribution in [3.8, 4) is 6.07 Å². The van der Waals surface area contributed by atoms with Crippen molar-refractivity contribution in [2.45, 2.75) is 32.7 Å². The van der Waals surface area contributed by atoms with Crippen LogP contribution in [-0.4, -0.2) is 5.91 Å². The number of nitrogens with one attached hydrogen (secondary N) is 1. The van der Waals surface area contributed by atoms with E-state index in [0.29, 0.717) is 5.76 Å². The van der Waals surface area contributed by atoms with E-state index in [1.807, 2.05) is 19.9 Å². The molecule has 86 valence electrons. The van der Waals surface area contributed by atoms with E-state index in [2.05, 4.69) is 5.32 Å². The number of hydrogen-bond donors (Lipinski definition) is 1.